The minimum absolute atomic E-state index is 0.0118. The molecule has 3 fully saturated rings. The average Bonchev–Trinajstić information content (AvgIpc) is 3.00. The molecule has 1 N–H and O–H groups in total. The molecule has 0 aromatic carbocycles. The van der Waals surface area contributed by atoms with Gasteiger partial charge in [0, 0.05) is 11.8 Å². The fourth-order valence-corrected chi connectivity index (χ4v) is 7.74. The smallest absolute Gasteiger partial charge is 0.305 e. The van der Waals surface area contributed by atoms with E-state index in [2.05, 4.69) is 19.9 Å². The largest absolute Gasteiger partial charge is 0.469 e. The molecule has 4 aliphatic rings. The van der Waals surface area contributed by atoms with Crippen LogP contribution < -0.4 is 0 Å². The molecule has 0 bridgehead atoms. The minimum Gasteiger partial charge on any atom is -0.469 e. The Bertz CT molecular complexity index is 611. The second-order valence-electron chi connectivity index (χ2n) is 10.3. The highest BCUT2D eigenvalue weighted by Crippen LogP contribution is 2.65. The third kappa shape index (κ3) is 2.99. The topological polar surface area (TPSA) is 46.5 Å². The molecule has 0 radical (unpaired) electrons. The van der Waals surface area contributed by atoms with Crippen LogP contribution in [0.5, 0.6) is 0 Å². The normalized spacial score (nSPS) is 46.1. The van der Waals surface area contributed by atoms with Crippen LogP contribution >= 0.6 is 0 Å². The van der Waals surface area contributed by atoms with Gasteiger partial charge in [-0.05, 0) is 80.5 Å². The molecule has 27 heavy (non-hydrogen) atoms. The molecule has 7 unspecified atom stereocenters. The Morgan fingerprint density at radius 1 is 1.19 bits per heavy atom. The first kappa shape index (κ1) is 19.5. The van der Waals surface area contributed by atoms with Gasteiger partial charge < -0.3 is 9.84 Å². The Labute approximate surface area is 164 Å². The monoisotopic (exact) mass is 374 g/mol. The second kappa shape index (κ2) is 7.21. The van der Waals surface area contributed by atoms with Gasteiger partial charge in [0.15, 0.2) is 0 Å². The number of hydrogen-bond donors (Lipinski definition) is 1. The van der Waals surface area contributed by atoms with Crippen LogP contribution in [0, 0.1) is 34.5 Å². The van der Waals surface area contributed by atoms with E-state index in [4.69, 9.17) is 4.74 Å². The predicted octanol–water partition coefficient (Wildman–Crippen LogP) is 5.27. The predicted molar refractivity (Wildman–Crippen MR) is 107 cm³/mol. The summed E-state index contributed by atoms with van der Waals surface area (Å²) in [4.78, 5) is 11.5. The van der Waals surface area contributed by atoms with E-state index >= 15 is 0 Å². The van der Waals surface area contributed by atoms with E-state index in [-0.39, 0.29) is 17.5 Å². The third-order valence-electron chi connectivity index (χ3n) is 9.41. The molecule has 7 atom stereocenters. The Balaban J connectivity index is 1.56. The van der Waals surface area contributed by atoms with Gasteiger partial charge in [0.2, 0.25) is 0 Å². The molecule has 3 heteroatoms. The average molecular weight is 375 g/mol. The maximum atomic E-state index is 11.5. The number of ether oxygens (including phenoxy) is 1. The van der Waals surface area contributed by atoms with E-state index in [1.165, 1.54) is 58.5 Å². The van der Waals surface area contributed by atoms with Gasteiger partial charge in [-0.1, -0.05) is 38.3 Å². The molecule has 0 saturated heterocycles. The Kier molecular flexibility index (Phi) is 5.20. The van der Waals surface area contributed by atoms with E-state index in [0.717, 1.165) is 18.8 Å². The van der Waals surface area contributed by atoms with Gasteiger partial charge in [0.25, 0.3) is 0 Å². The van der Waals surface area contributed by atoms with Gasteiger partial charge in [-0.3, -0.25) is 4.79 Å². The second-order valence-corrected chi connectivity index (χ2v) is 10.3. The van der Waals surface area contributed by atoms with E-state index in [9.17, 15) is 9.90 Å². The number of methoxy groups -OCH3 is 1. The molecular formula is C24H38O3. The van der Waals surface area contributed by atoms with Crippen molar-refractivity contribution in [2.24, 2.45) is 34.5 Å². The van der Waals surface area contributed by atoms with Gasteiger partial charge in [0.05, 0.1) is 13.2 Å². The zero-order valence-electron chi connectivity index (χ0n) is 17.5. The fourth-order valence-electron chi connectivity index (χ4n) is 7.74. The molecule has 4 rings (SSSR count). The van der Waals surface area contributed by atoms with Crippen LogP contribution in [-0.4, -0.2) is 24.3 Å². The molecule has 3 nitrogen and oxygen atoms in total. The third-order valence-corrected chi connectivity index (χ3v) is 9.41. The van der Waals surface area contributed by atoms with Crippen molar-refractivity contribution in [1.29, 1.82) is 0 Å². The van der Waals surface area contributed by atoms with Crippen molar-refractivity contribution in [3.8, 4) is 0 Å². The molecule has 0 heterocycles. The maximum absolute atomic E-state index is 11.5. The van der Waals surface area contributed by atoms with Gasteiger partial charge in [-0.15, -0.1) is 0 Å². The summed E-state index contributed by atoms with van der Waals surface area (Å²) >= 11 is 0. The number of carbonyl (C=O) groups excluding carboxylic acids is 1. The number of rotatable bonds is 4. The molecule has 0 aromatic rings. The fraction of sp³-hybridized carbons (Fsp3) is 0.875. The number of fused-ring (bicyclic) bond motifs is 5. The first-order valence-electron chi connectivity index (χ1n) is 11.4. The number of allylic oxidation sites excluding steroid dienone is 1. The quantitative estimate of drug-likeness (QED) is 0.538. The van der Waals surface area contributed by atoms with E-state index in [1.807, 2.05) is 0 Å². The summed E-state index contributed by atoms with van der Waals surface area (Å²) in [6.07, 6.45) is 15.0. The van der Waals surface area contributed by atoms with Crippen LogP contribution in [0.4, 0.5) is 0 Å². The highest BCUT2D eigenvalue weighted by molar-refractivity contribution is 5.68. The first-order chi connectivity index (χ1) is 12.9. The van der Waals surface area contributed by atoms with Crippen molar-refractivity contribution >= 4 is 5.97 Å². The Hall–Kier alpha value is -0.830. The van der Waals surface area contributed by atoms with Crippen molar-refractivity contribution in [3.05, 3.63) is 11.6 Å². The molecular weight excluding hydrogens is 336 g/mol. The summed E-state index contributed by atoms with van der Waals surface area (Å²) in [6, 6.07) is 0. The lowest BCUT2D eigenvalue weighted by atomic mass is 9.48. The van der Waals surface area contributed by atoms with Gasteiger partial charge in [-0.25, -0.2) is 0 Å². The molecule has 4 aliphatic carbocycles. The van der Waals surface area contributed by atoms with Gasteiger partial charge in [-0.2, -0.15) is 0 Å². The lowest BCUT2D eigenvalue weighted by molar-refractivity contribution is -0.140. The number of hydrogen-bond acceptors (Lipinski definition) is 3. The summed E-state index contributed by atoms with van der Waals surface area (Å²) in [5.74, 6) is 2.56. The Morgan fingerprint density at radius 2 is 2.00 bits per heavy atom. The van der Waals surface area contributed by atoms with Crippen LogP contribution in [0.15, 0.2) is 11.6 Å². The van der Waals surface area contributed by atoms with Crippen LogP contribution in [0.2, 0.25) is 0 Å². The van der Waals surface area contributed by atoms with E-state index < -0.39 is 0 Å². The molecule has 0 aliphatic heterocycles. The zero-order chi connectivity index (χ0) is 19.2. The summed E-state index contributed by atoms with van der Waals surface area (Å²) in [5.41, 5.74) is 1.96. The summed E-state index contributed by atoms with van der Waals surface area (Å²) in [5, 5.41) is 11.3. The molecule has 0 amide bonds. The highest BCUT2D eigenvalue weighted by atomic mass is 16.5. The van der Waals surface area contributed by atoms with Crippen molar-refractivity contribution in [3.63, 3.8) is 0 Å². The number of aliphatic hydroxyl groups excluding tert-OH is 1. The van der Waals surface area contributed by atoms with Crippen molar-refractivity contribution in [2.45, 2.75) is 90.6 Å². The van der Waals surface area contributed by atoms with E-state index in [1.54, 1.807) is 5.57 Å². The lowest BCUT2D eigenvalue weighted by Gasteiger charge is -2.57. The number of esters is 1. The van der Waals surface area contributed by atoms with Crippen molar-refractivity contribution in [1.82, 2.24) is 0 Å². The highest BCUT2D eigenvalue weighted by Gasteiger charge is 2.59. The SMILES string of the molecule is COC(=O)CCCC1CCC2C3CCC4CCCCC4(C)C3=CC(O)C12C. The molecule has 0 aromatic heterocycles. The van der Waals surface area contributed by atoms with Crippen LogP contribution in [0.3, 0.4) is 0 Å². The Morgan fingerprint density at radius 3 is 2.78 bits per heavy atom. The molecule has 152 valence electrons. The standard InChI is InChI=1S/C24H38O3/c1-23-14-5-4-7-16(23)10-12-18-19-13-11-17(8-6-9-22(26)27-3)24(19,2)21(25)15-20(18)23/h15-19,21,25H,4-14H2,1-3H3. The van der Waals surface area contributed by atoms with Crippen LogP contribution in [-0.2, 0) is 9.53 Å². The molecule has 0 spiro atoms. The van der Waals surface area contributed by atoms with Gasteiger partial charge in [0.1, 0.15) is 0 Å². The number of aliphatic hydroxyl groups is 1. The summed E-state index contributed by atoms with van der Waals surface area (Å²) in [7, 11) is 1.47. The zero-order valence-corrected chi connectivity index (χ0v) is 17.5. The maximum Gasteiger partial charge on any atom is 0.305 e. The van der Waals surface area contributed by atoms with E-state index in [0.29, 0.717) is 29.6 Å². The summed E-state index contributed by atoms with van der Waals surface area (Å²) < 4.78 is 4.80. The van der Waals surface area contributed by atoms with Crippen molar-refractivity contribution in [2.75, 3.05) is 7.11 Å². The van der Waals surface area contributed by atoms with Crippen LogP contribution in [0.1, 0.15) is 84.5 Å². The van der Waals surface area contributed by atoms with Crippen molar-refractivity contribution < 1.29 is 14.6 Å². The molecule has 3 saturated carbocycles. The number of carbonyl (C=O) groups is 1. The van der Waals surface area contributed by atoms with Crippen LogP contribution in [0.25, 0.3) is 0 Å². The lowest BCUT2D eigenvalue weighted by Crippen LogP contribution is -2.51. The first-order valence-corrected chi connectivity index (χ1v) is 11.4. The minimum atomic E-state index is -0.322. The summed E-state index contributed by atoms with van der Waals surface area (Å²) in [6.45, 7) is 4.85. The van der Waals surface area contributed by atoms with Gasteiger partial charge >= 0.3 is 5.97 Å².